The molecule has 0 radical (unpaired) electrons. The van der Waals surface area contributed by atoms with E-state index >= 15 is 0 Å². The highest BCUT2D eigenvalue weighted by Gasteiger charge is 2.54. The smallest absolute Gasteiger partial charge is 0.251 e. The number of fused-ring (bicyclic) bond motifs is 1. The third-order valence-electron chi connectivity index (χ3n) is 5.47. The normalized spacial score (nSPS) is 26.8. The summed E-state index contributed by atoms with van der Waals surface area (Å²) in [4.78, 5) is 12.8. The topological polar surface area (TPSA) is 47.6 Å². The summed E-state index contributed by atoms with van der Waals surface area (Å²) in [6.45, 7) is 1.33. The lowest BCUT2D eigenvalue weighted by atomic mass is 9.67. The van der Waals surface area contributed by atoms with Crippen LogP contribution in [0.2, 0.25) is 0 Å². The molecule has 2 aliphatic rings. The Labute approximate surface area is 152 Å². The number of carbonyl (C=O) groups is 1. The molecule has 1 aliphatic heterocycles. The summed E-state index contributed by atoms with van der Waals surface area (Å²) in [5, 5.41) is 3.16. The standard InChI is InChI=1S/C21H22FNO3/c1-25-12-18-19(17-8-9-26-20(17)18)23-21(24)15-6-2-4-13(10-15)14-5-3-7-16(22)11-14/h2-7,10-11,17-20H,8-9,12H2,1H3,(H,23,24)/t17-,18-,19-,20-/m0/s1. The monoisotopic (exact) mass is 355 g/mol. The Morgan fingerprint density at radius 2 is 2.00 bits per heavy atom. The number of halogens is 1. The Kier molecular flexibility index (Phi) is 4.74. The number of hydrogen-bond acceptors (Lipinski definition) is 3. The second-order valence-electron chi connectivity index (χ2n) is 7.00. The number of carbonyl (C=O) groups excluding carboxylic acids is 1. The first-order chi connectivity index (χ1) is 12.7. The van der Waals surface area contributed by atoms with Gasteiger partial charge in [0, 0.05) is 37.2 Å². The molecule has 0 unspecified atom stereocenters. The highest BCUT2D eigenvalue weighted by molar-refractivity contribution is 5.95. The van der Waals surface area contributed by atoms with Gasteiger partial charge in [-0.2, -0.15) is 0 Å². The van der Waals surface area contributed by atoms with Gasteiger partial charge >= 0.3 is 0 Å². The molecule has 2 aromatic rings. The number of methoxy groups -OCH3 is 1. The maximum Gasteiger partial charge on any atom is 0.251 e. The van der Waals surface area contributed by atoms with Crippen molar-refractivity contribution in [2.45, 2.75) is 18.6 Å². The van der Waals surface area contributed by atoms with Gasteiger partial charge in [0.05, 0.1) is 12.7 Å². The highest BCUT2D eigenvalue weighted by Crippen LogP contribution is 2.43. The highest BCUT2D eigenvalue weighted by atomic mass is 19.1. The van der Waals surface area contributed by atoms with Crippen molar-refractivity contribution in [2.24, 2.45) is 11.8 Å². The fourth-order valence-electron chi connectivity index (χ4n) is 4.18. The summed E-state index contributed by atoms with van der Waals surface area (Å²) in [6, 6.07) is 13.7. The van der Waals surface area contributed by atoms with E-state index in [1.165, 1.54) is 12.1 Å². The van der Waals surface area contributed by atoms with Crippen LogP contribution in [0, 0.1) is 17.7 Å². The van der Waals surface area contributed by atoms with Gasteiger partial charge in [-0.25, -0.2) is 4.39 Å². The van der Waals surface area contributed by atoms with Gasteiger partial charge in [-0.1, -0.05) is 24.3 Å². The zero-order chi connectivity index (χ0) is 18.1. The van der Waals surface area contributed by atoms with Crippen molar-refractivity contribution in [2.75, 3.05) is 20.3 Å². The first-order valence-corrected chi connectivity index (χ1v) is 8.95. The molecule has 4 nitrogen and oxygen atoms in total. The van der Waals surface area contributed by atoms with Crippen LogP contribution in [-0.2, 0) is 9.47 Å². The first kappa shape index (κ1) is 17.2. The Balaban J connectivity index is 1.51. The molecular weight excluding hydrogens is 333 g/mol. The maximum atomic E-state index is 13.5. The van der Waals surface area contributed by atoms with Gasteiger partial charge < -0.3 is 14.8 Å². The average Bonchev–Trinajstić information content (AvgIpc) is 3.08. The zero-order valence-electron chi connectivity index (χ0n) is 14.7. The lowest BCUT2D eigenvalue weighted by molar-refractivity contribution is -0.0809. The molecule has 4 rings (SSSR count). The van der Waals surface area contributed by atoms with Gasteiger partial charge in [-0.15, -0.1) is 0 Å². The molecule has 136 valence electrons. The third kappa shape index (κ3) is 3.13. The molecule has 1 aliphatic carbocycles. The minimum Gasteiger partial charge on any atom is -0.384 e. The van der Waals surface area contributed by atoms with Crippen molar-refractivity contribution < 1.29 is 18.7 Å². The fourth-order valence-corrected chi connectivity index (χ4v) is 4.18. The molecule has 0 aromatic heterocycles. The van der Waals surface area contributed by atoms with E-state index in [0.29, 0.717) is 18.1 Å². The number of amides is 1. The molecule has 0 bridgehead atoms. The molecule has 1 heterocycles. The zero-order valence-corrected chi connectivity index (χ0v) is 14.7. The van der Waals surface area contributed by atoms with E-state index in [4.69, 9.17) is 9.47 Å². The number of hydrogen-bond donors (Lipinski definition) is 1. The van der Waals surface area contributed by atoms with Gasteiger partial charge in [-0.05, 0) is 41.8 Å². The number of ether oxygens (including phenoxy) is 2. The SMILES string of the molecule is COC[C@H]1[C@@H](NC(=O)c2cccc(-c3cccc(F)c3)c2)[C@@H]2CCO[C@@H]21. The van der Waals surface area contributed by atoms with Crippen LogP contribution < -0.4 is 5.32 Å². The van der Waals surface area contributed by atoms with E-state index in [1.54, 1.807) is 25.3 Å². The molecule has 1 saturated carbocycles. The van der Waals surface area contributed by atoms with Gasteiger partial charge in [0.2, 0.25) is 0 Å². The third-order valence-corrected chi connectivity index (χ3v) is 5.47. The second kappa shape index (κ2) is 7.17. The van der Waals surface area contributed by atoms with E-state index in [0.717, 1.165) is 24.2 Å². The van der Waals surface area contributed by atoms with Crippen molar-refractivity contribution in [3.05, 3.63) is 59.9 Å². The Morgan fingerprint density at radius 1 is 1.23 bits per heavy atom. The first-order valence-electron chi connectivity index (χ1n) is 8.95. The summed E-state index contributed by atoms with van der Waals surface area (Å²) < 4.78 is 24.5. The van der Waals surface area contributed by atoms with E-state index in [-0.39, 0.29) is 29.8 Å². The predicted molar refractivity (Wildman–Crippen MR) is 96.3 cm³/mol. The van der Waals surface area contributed by atoms with Crippen LogP contribution in [0.3, 0.4) is 0 Å². The van der Waals surface area contributed by atoms with E-state index < -0.39 is 0 Å². The Bertz CT molecular complexity index is 809. The number of rotatable bonds is 5. The Morgan fingerprint density at radius 3 is 2.77 bits per heavy atom. The molecule has 1 amide bonds. The number of nitrogens with one attached hydrogen (secondary N) is 1. The fraction of sp³-hybridized carbons (Fsp3) is 0.381. The van der Waals surface area contributed by atoms with Gasteiger partial charge in [0.25, 0.3) is 5.91 Å². The molecule has 4 atom stereocenters. The molecule has 1 N–H and O–H groups in total. The van der Waals surface area contributed by atoms with Crippen LogP contribution in [0.5, 0.6) is 0 Å². The van der Waals surface area contributed by atoms with Gasteiger partial charge in [0.1, 0.15) is 5.82 Å². The molecule has 26 heavy (non-hydrogen) atoms. The van der Waals surface area contributed by atoms with Crippen molar-refractivity contribution in [1.29, 1.82) is 0 Å². The molecule has 0 spiro atoms. The average molecular weight is 355 g/mol. The summed E-state index contributed by atoms with van der Waals surface area (Å²) in [5.74, 6) is 0.162. The largest absolute Gasteiger partial charge is 0.384 e. The molecule has 2 aromatic carbocycles. The van der Waals surface area contributed by atoms with Crippen LogP contribution in [-0.4, -0.2) is 38.4 Å². The summed E-state index contributed by atoms with van der Waals surface area (Å²) >= 11 is 0. The molecule has 2 fully saturated rings. The van der Waals surface area contributed by atoms with Crippen molar-refractivity contribution in [1.82, 2.24) is 5.32 Å². The molecule has 5 heteroatoms. The van der Waals surface area contributed by atoms with Crippen LogP contribution >= 0.6 is 0 Å². The molecule has 1 saturated heterocycles. The minimum atomic E-state index is -0.290. The van der Waals surface area contributed by atoms with Crippen LogP contribution in [0.25, 0.3) is 11.1 Å². The van der Waals surface area contributed by atoms with Crippen LogP contribution in [0.4, 0.5) is 4.39 Å². The van der Waals surface area contributed by atoms with Crippen molar-refractivity contribution >= 4 is 5.91 Å². The van der Waals surface area contributed by atoms with Crippen LogP contribution in [0.15, 0.2) is 48.5 Å². The second-order valence-corrected chi connectivity index (χ2v) is 7.00. The quantitative estimate of drug-likeness (QED) is 0.895. The summed E-state index contributed by atoms with van der Waals surface area (Å²) in [7, 11) is 1.67. The lowest BCUT2D eigenvalue weighted by Crippen LogP contribution is -2.62. The summed E-state index contributed by atoms with van der Waals surface area (Å²) in [5.41, 5.74) is 2.15. The van der Waals surface area contributed by atoms with Gasteiger partial charge in [0.15, 0.2) is 0 Å². The lowest BCUT2D eigenvalue weighted by Gasteiger charge is -2.47. The minimum absolute atomic E-state index is 0.0766. The summed E-state index contributed by atoms with van der Waals surface area (Å²) in [6.07, 6.45) is 1.16. The van der Waals surface area contributed by atoms with E-state index in [9.17, 15) is 9.18 Å². The Hall–Kier alpha value is -2.24. The molecular formula is C21H22FNO3. The predicted octanol–water partition coefficient (Wildman–Crippen LogP) is 3.27. The van der Waals surface area contributed by atoms with Gasteiger partial charge in [-0.3, -0.25) is 4.79 Å². The number of benzene rings is 2. The van der Waals surface area contributed by atoms with Crippen molar-refractivity contribution in [3.8, 4) is 11.1 Å². The maximum absolute atomic E-state index is 13.5. The van der Waals surface area contributed by atoms with E-state index in [2.05, 4.69) is 5.32 Å². The van der Waals surface area contributed by atoms with Crippen LogP contribution in [0.1, 0.15) is 16.8 Å². The van der Waals surface area contributed by atoms with Crippen molar-refractivity contribution in [3.63, 3.8) is 0 Å². The van der Waals surface area contributed by atoms with E-state index in [1.807, 2.05) is 18.2 Å².